The number of fused-ring (bicyclic) bond motifs is 1. The molecule has 1 heterocycles. The summed E-state index contributed by atoms with van der Waals surface area (Å²) in [5, 5.41) is 15.4. The largest absolute Gasteiger partial charge is 0.504 e. The summed E-state index contributed by atoms with van der Waals surface area (Å²) < 4.78 is 5.77. The Bertz CT molecular complexity index is 1120. The Morgan fingerprint density at radius 3 is 2.59 bits per heavy atom. The van der Waals surface area contributed by atoms with Gasteiger partial charge in [0.05, 0.1) is 12.0 Å². The first-order valence-electron chi connectivity index (χ1n) is 8.20. The maximum atomic E-state index is 11.9. The van der Waals surface area contributed by atoms with Crippen LogP contribution in [0.1, 0.15) is 5.56 Å². The minimum Gasteiger partial charge on any atom is -0.504 e. The predicted octanol–water partition coefficient (Wildman–Crippen LogP) is 4.71. The van der Waals surface area contributed by atoms with Crippen LogP contribution in [0.15, 0.2) is 59.5 Å². The molecular weight excluding hydrogens is 378 g/mol. The van der Waals surface area contributed by atoms with Gasteiger partial charge in [-0.05, 0) is 46.2 Å². The first-order valence-corrected chi connectivity index (χ1v) is 9.42. The van der Waals surface area contributed by atoms with Gasteiger partial charge >= 0.3 is 0 Å². The molecular formula is C21H15NO3S2. The Labute approximate surface area is 165 Å². The topological polar surface area (TPSA) is 58.6 Å². The van der Waals surface area contributed by atoms with Gasteiger partial charge in [-0.3, -0.25) is 4.79 Å². The number of nitrogens with one attached hydrogen (secondary N) is 1. The second-order valence-corrected chi connectivity index (χ2v) is 7.75. The molecule has 4 rings (SSSR count). The van der Waals surface area contributed by atoms with E-state index in [0.29, 0.717) is 20.5 Å². The number of rotatable bonds is 3. The SMILES string of the molecule is COc1cc(C=C2SC(=S)NC2=O)cc(-c2ccc3ccccc3c2)c1O. The quantitative estimate of drug-likeness (QED) is 0.499. The third-order valence-electron chi connectivity index (χ3n) is 4.32. The number of methoxy groups -OCH3 is 1. The summed E-state index contributed by atoms with van der Waals surface area (Å²) in [5.41, 5.74) is 2.25. The summed E-state index contributed by atoms with van der Waals surface area (Å²) in [4.78, 5) is 12.5. The van der Waals surface area contributed by atoms with E-state index in [0.717, 1.165) is 21.9 Å². The van der Waals surface area contributed by atoms with Crippen LogP contribution in [0.5, 0.6) is 11.5 Å². The van der Waals surface area contributed by atoms with Crippen molar-refractivity contribution < 1.29 is 14.6 Å². The van der Waals surface area contributed by atoms with Crippen LogP contribution in [-0.2, 0) is 4.79 Å². The number of thiocarbonyl (C=S) groups is 1. The number of thioether (sulfide) groups is 1. The van der Waals surface area contributed by atoms with Crippen molar-refractivity contribution in [2.24, 2.45) is 0 Å². The normalized spacial score (nSPS) is 15.4. The lowest BCUT2D eigenvalue weighted by Crippen LogP contribution is -2.17. The highest BCUT2D eigenvalue weighted by Crippen LogP contribution is 2.40. The van der Waals surface area contributed by atoms with Gasteiger partial charge in [0.2, 0.25) is 0 Å². The molecule has 0 unspecified atom stereocenters. The molecule has 4 nitrogen and oxygen atoms in total. The van der Waals surface area contributed by atoms with Crippen molar-refractivity contribution in [2.75, 3.05) is 7.11 Å². The number of ether oxygens (including phenoxy) is 1. The van der Waals surface area contributed by atoms with Gasteiger partial charge in [-0.2, -0.15) is 0 Å². The Morgan fingerprint density at radius 2 is 1.89 bits per heavy atom. The summed E-state index contributed by atoms with van der Waals surface area (Å²) in [5.74, 6) is 0.191. The van der Waals surface area contributed by atoms with Gasteiger partial charge in [0.15, 0.2) is 11.5 Å². The molecule has 1 fully saturated rings. The summed E-state index contributed by atoms with van der Waals surface area (Å²) in [6.45, 7) is 0. The first kappa shape index (κ1) is 17.6. The number of carbonyl (C=O) groups is 1. The van der Waals surface area contributed by atoms with Crippen molar-refractivity contribution in [1.29, 1.82) is 0 Å². The highest BCUT2D eigenvalue weighted by molar-refractivity contribution is 8.26. The van der Waals surface area contributed by atoms with E-state index in [1.807, 2.05) is 48.5 Å². The molecule has 3 aromatic rings. The molecule has 6 heteroatoms. The lowest BCUT2D eigenvalue weighted by molar-refractivity contribution is -0.115. The zero-order chi connectivity index (χ0) is 19.0. The van der Waals surface area contributed by atoms with E-state index in [2.05, 4.69) is 5.32 Å². The molecule has 1 amide bonds. The molecule has 0 spiro atoms. The predicted molar refractivity (Wildman–Crippen MR) is 114 cm³/mol. The smallest absolute Gasteiger partial charge is 0.263 e. The highest BCUT2D eigenvalue weighted by Gasteiger charge is 2.22. The minimum absolute atomic E-state index is 0.0639. The van der Waals surface area contributed by atoms with E-state index in [1.165, 1.54) is 18.9 Å². The van der Waals surface area contributed by atoms with Crippen molar-refractivity contribution in [2.45, 2.75) is 0 Å². The zero-order valence-corrected chi connectivity index (χ0v) is 16.0. The highest BCUT2D eigenvalue weighted by atomic mass is 32.2. The molecule has 1 aliphatic heterocycles. The van der Waals surface area contributed by atoms with E-state index in [1.54, 1.807) is 12.1 Å². The lowest BCUT2D eigenvalue weighted by atomic mass is 9.98. The van der Waals surface area contributed by atoms with Crippen LogP contribution in [0, 0.1) is 0 Å². The van der Waals surface area contributed by atoms with Crippen molar-refractivity contribution in [1.82, 2.24) is 5.32 Å². The minimum atomic E-state index is -0.218. The van der Waals surface area contributed by atoms with Crippen LogP contribution in [0.3, 0.4) is 0 Å². The van der Waals surface area contributed by atoms with E-state index >= 15 is 0 Å². The van der Waals surface area contributed by atoms with E-state index in [-0.39, 0.29) is 11.7 Å². The van der Waals surface area contributed by atoms with Gasteiger partial charge in [0, 0.05) is 5.56 Å². The molecule has 0 atom stereocenters. The van der Waals surface area contributed by atoms with Crippen molar-refractivity contribution in [3.63, 3.8) is 0 Å². The molecule has 2 N–H and O–H groups in total. The van der Waals surface area contributed by atoms with Crippen LogP contribution < -0.4 is 10.1 Å². The monoisotopic (exact) mass is 393 g/mol. The number of phenolic OH excluding ortho intramolecular Hbond substituents is 1. The number of benzene rings is 3. The molecule has 1 saturated heterocycles. The Morgan fingerprint density at radius 1 is 1.11 bits per heavy atom. The number of hydrogen-bond donors (Lipinski definition) is 2. The summed E-state index contributed by atoms with van der Waals surface area (Å²) >= 11 is 6.25. The molecule has 0 bridgehead atoms. The number of aromatic hydroxyl groups is 1. The van der Waals surface area contributed by atoms with Crippen LogP contribution >= 0.6 is 24.0 Å². The third kappa shape index (κ3) is 3.41. The second-order valence-electron chi connectivity index (χ2n) is 6.03. The number of carbonyl (C=O) groups excluding carboxylic acids is 1. The average molecular weight is 393 g/mol. The van der Waals surface area contributed by atoms with Crippen LogP contribution in [0.4, 0.5) is 0 Å². The number of amides is 1. The fourth-order valence-corrected chi connectivity index (χ4v) is 4.06. The van der Waals surface area contributed by atoms with Crippen molar-refractivity contribution in [3.05, 3.63) is 65.1 Å². The molecule has 0 aliphatic carbocycles. The molecule has 0 aromatic heterocycles. The molecule has 134 valence electrons. The molecule has 1 aliphatic rings. The first-order chi connectivity index (χ1) is 13.0. The standard InChI is InChI=1S/C21H15NO3S2/c1-25-17-9-12(10-18-20(24)22-21(26)27-18)8-16(19(17)23)15-7-6-13-4-2-3-5-14(13)11-15/h2-11,23H,1H3,(H,22,24,26). The molecule has 0 radical (unpaired) electrons. The van der Waals surface area contributed by atoms with Gasteiger partial charge in [-0.1, -0.05) is 60.4 Å². The van der Waals surface area contributed by atoms with Gasteiger partial charge in [0.25, 0.3) is 5.91 Å². The second kappa shape index (κ2) is 7.06. The number of hydrogen-bond acceptors (Lipinski definition) is 5. The van der Waals surface area contributed by atoms with Gasteiger partial charge in [-0.25, -0.2) is 0 Å². The van der Waals surface area contributed by atoms with Crippen LogP contribution in [0.2, 0.25) is 0 Å². The fourth-order valence-electron chi connectivity index (χ4n) is 3.02. The summed E-state index contributed by atoms with van der Waals surface area (Å²) in [6, 6.07) is 17.6. The van der Waals surface area contributed by atoms with Crippen LogP contribution in [-0.4, -0.2) is 22.4 Å². The molecule has 0 saturated carbocycles. The summed E-state index contributed by atoms with van der Waals surface area (Å²) in [6.07, 6.45) is 1.74. The summed E-state index contributed by atoms with van der Waals surface area (Å²) in [7, 11) is 1.50. The van der Waals surface area contributed by atoms with E-state index in [4.69, 9.17) is 17.0 Å². The molecule has 3 aromatic carbocycles. The Kier molecular flexibility index (Phi) is 4.59. The maximum absolute atomic E-state index is 11.9. The fraction of sp³-hybridized carbons (Fsp3) is 0.0476. The van der Waals surface area contributed by atoms with Crippen molar-refractivity contribution in [3.8, 4) is 22.6 Å². The maximum Gasteiger partial charge on any atom is 0.263 e. The molecule has 27 heavy (non-hydrogen) atoms. The lowest BCUT2D eigenvalue weighted by Gasteiger charge is -2.12. The van der Waals surface area contributed by atoms with E-state index < -0.39 is 0 Å². The Hall–Kier alpha value is -2.83. The van der Waals surface area contributed by atoms with Gasteiger partial charge in [-0.15, -0.1) is 0 Å². The Balaban J connectivity index is 1.85. The third-order valence-corrected chi connectivity index (χ3v) is 5.48. The van der Waals surface area contributed by atoms with Gasteiger partial charge < -0.3 is 15.2 Å². The zero-order valence-electron chi connectivity index (χ0n) is 14.4. The average Bonchev–Trinajstić information content (AvgIpc) is 2.99. The van der Waals surface area contributed by atoms with Crippen molar-refractivity contribution >= 4 is 51.1 Å². The van der Waals surface area contributed by atoms with E-state index in [9.17, 15) is 9.90 Å². The van der Waals surface area contributed by atoms with Crippen LogP contribution in [0.25, 0.3) is 28.0 Å². The number of phenols is 1. The van der Waals surface area contributed by atoms with Gasteiger partial charge in [0.1, 0.15) is 4.32 Å².